The SMILES string of the molecule is CN=C(NCCCCN1CCC(C(N)=O)CC1)NCC(C)Oc1cccc(OC)c1. The van der Waals surface area contributed by atoms with E-state index in [0.29, 0.717) is 6.54 Å². The predicted molar refractivity (Wildman–Crippen MR) is 120 cm³/mol. The molecule has 1 aliphatic rings. The topological polar surface area (TPSA) is 101 Å². The molecule has 1 saturated heterocycles. The number of carbonyl (C=O) groups is 1. The van der Waals surface area contributed by atoms with Crippen molar-refractivity contribution in [2.45, 2.75) is 38.7 Å². The third-order valence-corrected chi connectivity index (χ3v) is 5.34. The molecular weight excluding hydrogens is 382 g/mol. The van der Waals surface area contributed by atoms with Gasteiger partial charge in [0.15, 0.2) is 5.96 Å². The number of unbranched alkanes of at least 4 members (excludes halogenated alkanes) is 1. The lowest BCUT2D eigenvalue weighted by molar-refractivity contribution is -0.123. The van der Waals surface area contributed by atoms with Gasteiger partial charge < -0.3 is 30.7 Å². The van der Waals surface area contributed by atoms with Crippen molar-refractivity contribution < 1.29 is 14.3 Å². The predicted octanol–water partition coefficient (Wildman–Crippen LogP) is 1.61. The number of hydrogen-bond donors (Lipinski definition) is 3. The highest BCUT2D eigenvalue weighted by molar-refractivity contribution is 5.79. The third kappa shape index (κ3) is 8.49. The number of guanidine groups is 1. The fraction of sp³-hybridized carbons (Fsp3) is 0.636. The fourth-order valence-electron chi connectivity index (χ4n) is 3.52. The molecule has 2 rings (SSSR count). The lowest BCUT2D eigenvalue weighted by Crippen LogP contribution is -2.42. The van der Waals surface area contributed by atoms with Crippen molar-refractivity contribution in [2.24, 2.45) is 16.6 Å². The van der Waals surface area contributed by atoms with Crippen LogP contribution in [0.4, 0.5) is 0 Å². The first-order valence-electron chi connectivity index (χ1n) is 10.8. The molecule has 4 N–H and O–H groups in total. The maximum atomic E-state index is 11.2. The van der Waals surface area contributed by atoms with Crippen LogP contribution in [0.2, 0.25) is 0 Å². The van der Waals surface area contributed by atoms with Crippen LogP contribution in [0.15, 0.2) is 29.3 Å². The van der Waals surface area contributed by atoms with Crippen molar-refractivity contribution in [1.82, 2.24) is 15.5 Å². The second kappa shape index (κ2) is 13.0. The average Bonchev–Trinajstić information content (AvgIpc) is 2.76. The highest BCUT2D eigenvalue weighted by atomic mass is 16.5. The van der Waals surface area contributed by atoms with Crippen LogP contribution in [0, 0.1) is 5.92 Å². The maximum Gasteiger partial charge on any atom is 0.220 e. The summed E-state index contributed by atoms with van der Waals surface area (Å²) in [6.45, 7) is 6.52. The quantitative estimate of drug-likeness (QED) is 0.286. The molecule has 1 aromatic carbocycles. The van der Waals surface area contributed by atoms with Crippen molar-refractivity contribution in [3.05, 3.63) is 24.3 Å². The molecule has 1 unspecified atom stereocenters. The molecule has 30 heavy (non-hydrogen) atoms. The van der Waals surface area contributed by atoms with Crippen molar-refractivity contribution in [3.63, 3.8) is 0 Å². The van der Waals surface area contributed by atoms with Crippen LogP contribution in [-0.2, 0) is 4.79 Å². The van der Waals surface area contributed by atoms with Crippen molar-refractivity contribution in [3.8, 4) is 11.5 Å². The molecule has 0 saturated carbocycles. The molecule has 8 heteroatoms. The van der Waals surface area contributed by atoms with E-state index in [9.17, 15) is 4.79 Å². The third-order valence-electron chi connectivity index (χ3n) is 5.34. The van der Waals surface area contributed by atoms with Crippen LogP contribution in [0.3, 0.4) is 0 Å². The Bertz CT molecular complexity index is 674. The van der Waals surface area contributed by atoms with E-state index >= 15 is 0 Å². The number of likely N-dealkylation sites (tertiary alicyclic amines) is 1. The summed E-state index contributed by atoms with van der Waals surface area (Å²) in [5, 5.41) is 6.65. The molecule has 168 valence electrons. The minimum Gasteiger partial charge on any atom is -0.497 e. The highest BCUT2D eigenvalue weighted by Crippen LogP contribution is 2.20. The van der Waals surface area contributed by atoms with Gasteiger partial charge in [0.1, 0.15) is 17.6 Å². The van der Waals surface area contributed by atoms with E-state index in [1.54, 1.807) is 14.2 Å². The number of nitrogens with two attached hydrogens (primary N) is 1. The Morgan fingerprint density at radius 3 is 2.67 bits per heavy atom. The standard InChI is InChI=1S/C22H37N5O3/c1-17(30-20-8-6-7-19(15-20)29-3)16-26-22(24-2)25-11-4-5-12-27-13-9-18(10-14-27)21(23)28/h6-8,15,17-18H,4-5,9-14,16H2,1-3H3,(H2,23,28)(H2,24,25,26). The van der Waals surface area contributed by atoms with E-state index in [4.69, 9.17) is 15.2 Å². The molecular formula is C22H37N5O3. The number of amides is 1. The Kier molecular flexibility index (Phi) is 10.3. The fourth-order valence-corrected chi connectivity index (χ4v) is 3.52. The largest absolute Gasteiger partial charge is 0.497 e. The Morgan fingerprint density at radius 2 is 2.00 bits per heavy atom. The summed E-state index contributed by atoms with van der Waals surface area (Å²) in [6, 6.07) is 7.60. The van der Waals surface area contributed by atoms with Gasteiger partial charge in [0.2, 0.25) is 5.91 Å². The molecule has 1 heterocycles. The van der Waals surface area contributed by atoms with Crippen LogP contribution in [0.1, 0.15) is 32.6 Å². The molecule has 1 fully saturated rings. The van der Waals surface area contributed by atoms with Gasteiger partial charge in [-0.15, -0.1) is 0 Å². The van der Waals surface area contributed by atoms with E-state index in [1.165, 1.54) is 0 Å². The zero-order valence-corrected chi connectivity index (χ0v) is 18.5. The van der Waals surface area contributed by atoms with E-state index in [0.717, 1.165) is 69.3 Å². The lowest BCUT2D eigenvalue weighted by atomic mass is 9.96. The minimum atomic E-state index is -0.152. The van der Waals surface area contributed by atoms with Gasteiger partial charge in [-0.3, -0.25) is 9.79 Å². The van der Waals surface area contributed by atoms with Gasteiger partial charge in [0.05, 0.1) is 13.7 Å². The van der Waals surface area contributed by atoms with Crippen molar-refractivity contribution in [1.29, 1.82) is 0 Å². The number of hydrogen-bond acceptors (Lipinski definition) is 5. The summed E-state index contributed by atoms with van der Waals surface area (Å²) in [7, 11) is 3.41. The highest BCUT2D eigenvalue weighted by Gasteiger charge is 2.22. The van der Waals surface area contributed by atoms with E-state index in [1.807, 2.05) is 31.2 Å². The molecule has 0 radical (unpaired) electrons. The van der Waals surface area contributed by atoms with Crippen LogP contribution < -0.4 is 25.8 Å². The number of benzene rings is 1. The number of methoxy groups -OCH3 is 1. The molecule has 1 atom stereocenters. The Balaban J connectivity index is 1.57. The second-order valence-corrected chi connectivity index (χ2v) is 7.71. The molecule has 0 aliphatic carbocycles. The van der Waals surface area contributed by atoms with Gasteiger partial charge in [0.25, 0.3) is 0 Å². The number of carbonyl (C=O) groups excluding carboxylic acids is 1. The number of aliphatic imine (C=N–C) groups is 1. The molecule has 0 bridgehead atoms. The minimum absolute atomic E-state index is 0.0148. The van der Waals surface area contributed by atoms with Gasteiger partial charge in [-0.2, -0.15) is 0 Å². The summed E-state index contributed by atoms with van der Waals surface area (Å²) in [4.78, 5) is 17.9. The van der Waals surface area contributed by atoms with Crippen molar-refractivity contribution >= 4 is 11.9 Å². The van der Waals surface area contributed by atoms with E-state index in [2.05, 4.69) is 20.5 Å². The summed E-state index contributed by atoms with van der Waals surface area (Å²) in [5.74, 6) is 2.25. The number of ether oxygens (including phenoxy) is 2. The smallest absolute Gasteiger partial charge is 0.220 e. The molecule has 1 aromatic rings. The second-order valence-electron chi connectivity index (χ2n) is 7.71. The molecule has 0 aromatic heterocycles. The summed E-state index contributed by atoms with van der Waals surface area (Å²) < 4.78 is 11.1. The summed E-state index contributed by atoms with van der Waals surface area (Å²) in [5.41, 5.74) is 5.39. The summed E-state index contributed by atoms with van der Waals surface area (Å²) >= 11 is 0. The average molecular weight is 420 g/mol. The molecule has 8 nitrogen and oxygen atoms in total. The Morgan fingerprint density at radius 1 is 1.27 bits per heavy atom. The maximum absolute atomic E-state index is 11.2. The van der Waals surface area contributed by atoms with Gasteiger partial charge in [-0.1, -0.05) is 6.07 Å². The van der Waals surface area contributed by atoms with Gasteiger partial charge >= 0.3 is 0 Å². The monoisotopic (exact) mass is 419 g/mol. The first-order valence-corrected chi connectivity index (χ1v) is 10.8. The number of primary amides is 1. The molecule has 0 spiro atoms. The van der Waals surface area contributed by atoms with Gasteiger partial charge in [0, 0.05) is 25.6 Å². The molecule has 1 aliphatic heterocycles. The zero-order chi connectivity index (χ0) is 21.8. The molecule has 1 amide bonds. The lowest BCUT2D eigenvalue weighted by Gasteiger charge is -2.30. The van der Waals surface area contributed by atoms with Crippen LogP contribution >= 0.6 is 0 Å². The normalized spacial score (nSPS) is 16.7. The number of nitrogens with zero attached hydrogens (tertiary/aromatic N) is 2. The van der Waals surface area contributed by atoms with E-state index < -0.39 is 0 Å². The van der Waals surface area contributed by atoms with Crippen LogP contribution in [0.5, 0.6) is 11.5 Å². The number of piperidine rings is 1. The first kappa shape index (κ1) is 23.8. The van der Waals surface area contributed by atoms with Crippen molar-refractivity contribution in [2.75, 3.05) is 46.9 Å². The van der Waals surface area contributed by atoms with E-state index in [-0.39, 0.29) is 17.9 Å². The van der Waals surface area contributed by atoms with Crippen LogP contribution in [0.25, 0.3) is 0 Å². The Hall–Kier alpha value is -2.48. The summed E-state index contributed by atoms with van der Waals surface area (Å²) in [6.07, 6.45) is 3.94. The number of rotatable bonds is 11. The van der Waals surface area contributed by atoms with Gasteiger partial charge in [-0.25, -0.2) is 0 Å². The Labute approximate surface area is 180 Å². The number of nitrogens with one attached hydrogen (secondary N) is 2. The van der Waals surface area contributed by atoms with Crippen LogP contribution in [-0.4, -0.2) is 69.8 Å². The van der Waals surface area contributed by atoms with Gasteiger partial charge in [-0.05, 0) is 64.4 Å². The first-order chi connectivity index (χ1) is 14.5. The zero-order valence-electron chi connectivity index (χ0n) is 18.5.